The molecule has 0 fully saturated rings. The maximum absolute atomic E-state index is 6.32. The van der Waals surface area contributed by atoms with E-state index < -0.39 is 0 Å². The van der Waals surface area contributed by atoms with Crippen molar-refractivity contribution in [2.24, 2.45) is 0 Å². The summed E-state index contributed by atoms with van der Waals surface area (Å²) in [5, 5.41) is 12.8. The molecule has 1 aliphatic rings. The molecular weight excluding hydrogens is 581 g/mol. The third-order valence-electron chi connectivity index (χ3n) is 11.2. The second-order valence-electron chi connectivity index (χ2n) is 14.1. The van der Waals surface area contributed by atoms with E-state index >= 15 is 0 Å². The monoisotopic (exact) mass is 610 g/mol. The van der Waals surface area contributed by atoms with Crippen LogP contribution in [0.1, 0.15) is 25.0 Å². The van der Waals surface area contributed by atoms with Gasteiger partial charge in [-0.25, -0.2) is 0 Å². The number of furan rings is 1. The Labute approximate surface area is 278 Å². The molecule has 0 saturated heterocycles. The molecule has 0 atom stereocenters. The van der Waals surface area contributed by atoms with Gasteiger partial charge in [-0.15, -0.1) is 0 Å². The topological polar surface area (TPSA) is 13.1 Å². The third kappa shape index (κ3) is 3.35. The van der Waals surface area contributed by atoms with Gasteiger partial charge >= 0.3 is 0 Å². The molecule has 0 amide bonds. The molecule has 1 heterocycles. The first kappa shape index (κ1) is 26.2. The average molecular weight is 611 g/mol. The smallest absolute Gasteiger partial charge is 0.135 e. The Morgan fingerprint density at radius 2 is 1.02 bits per heavy atom. The summed E-state index contributed by atoms with van der Waals surface area (Å²) < 4.78 is 6.32. The minimum atomic E-state index is -0.114. The summed E-state index contributed by atoms with van der Waals surface area (Å²) in [7, 11) is 0. The third-order valence-corrected chi connectivity index (χ3v) is 11.2. The van der Waals surface area contributed by atoms with Crippen molar-refractivity contribution >= 4 is 65.0 Å². The Hall–Kier alpha value is -5.92. The van der Waals surface area contributed by atoms with Gasteiger partial charge in [-0.2, -0.15) is 0 Å². The van der Waals surface area contributed by atoms with Crippen LogP contribution in [0, 0.1) is 0 Å². The number of benzene rings is 9. The number of para-hydroxylation sites is 1. The van der Waals surface area contributed by atoms with E-state index in [0.29, 0.717) is 0 Å². The molecule has 0 spiro atoms. The summed E-state index contributed by atoms with van der Waals surface area (Å²) in [5.41, 5.74) is 12.2. The van der Waals surface area contributed by atoms with Crippen molar-refractivity contribution in [1.29, 1.82) is 0 Å². The predicted molar refractivity (Wildman–Crippen MR) is 203 cm³/mol. The number of rotatable bonds is 2. The summed E-state index contributed by atoms with van der Waals surface area (Å²) in [6.07, 6.45) is 0. The Balaban J connectivity index is 1.14. The van der Waals surface area contributed by atoms with Crippen molar-refractivity contribution in [3.63, 3.8) is 0 Å². The first-order valence-corrected chi connectivity index (χ1v) is 16.8. The molecule has 1 nitrogen and oxygen atoms in total. The van der Waals surface area contributed by atoms with Crippen LogP contribution in [-0.2, 0) is 5.41 Å². The molecule has 1 heteroatoms. The van der Waals surface area contributed by atoms with Crippen molar-refractivity contribution in [1.82, 2.24) is 0 Å². The van der Waals surface area contributed by atoms with Gasteiger partial charge in [0.2, 0.25) is 0 Å². The van der Waals surface area contributed by atoms with Gasteiger partial charge < -0.3 is 4.42 Å². The van der Waals surface area contributed by atoms with Crippen molar-refractivity contribution in [3.05, 3.63) is 157 Å². The fraction of sp³-hybridized carbons (Fsp3) is 0.0638. The largest absolute Gasteiger partial charge is 0.456 e. The zero-order chi connectivity index (χ0) is 31.7. The van der Waals surface area contributed by atoms with E-state index in [2.05, 4.69) is 153 Å². The van der Waals surface area contributed by atoms with Crippen LogP contribution in [0.3, 0.4) is 0 Å². The van der Waals surface area contributed by atoms with Gasteiger partial charge in [0.15, 0.2) is 0 Å². The van der Waals surface area contributed by atoms with Crippen LogP contribution in [0.5, 0.6) is 0 Å². The van der Waals surface area contributed by atoms with E-state index in [1.54, 1.807) is 0 Å². The van der Waals surface area contributed by atoms with Crippen molar-refractivity contribution in [2.45, 2.75) is 19.3 Å². The summed E-state index contributed by atoms with van der Waals surface area (Å²) in [6.45, 7) is 4.69. The van der Waals surface area contributed by atoms with E-state index in [4.69, 9.17) is 4.42 Å². The highest BCUT2D eigenvalue weighted by Crippen LogP contribution is 2.52. The molecular formula is C47H30O. The lowest BCUT2D eigenvalue weighted by Gasteiger charge is -2.21. The summed E-state index contributed by atoms with van der Waals surface area (Å²) in [4.78, 5) is 0. The molecule has 0 N–H and O–H groups in total. The van der Waals surface area contributed by atoms with Gasteiger partial charge in [0.05, 0.1) is 0 Å². The van der Waals surface area contributed by atoms with Crippen LogP contribution >= 0.6 is 0 Å². The first-order chi connectivity index (χ1) is 23.5. The second kappa shape index (κ2) is 9.12. The van der Waals surface area contributed by atoms with Crippen molar-refractivity contribution in [2.75, 3.05) is 0 Å². The molecule has 0 radical (unpaired) electrons. The zero-order valence-corrected chi connectivity index (χ0v) is 26.8. The van der Waals surface area contributed by atoms with Gasteiger partial charge in [-0.05, 0) is 112 Å². The lowest BCUT2D eigenvalue weighted by atomic mass is 9.81. The number of fused-ring (bicyclic) bond motifs is 7. The standard InChI is InChI=1S/C47H30O/c1-47(2)41-23-18-30(24-38(41)39-25-40-35-11-5-6-13-43(35)48-44(40)26-42(39)47)32-19-14-28-17-22-37-34(20-15-29-16-21-36(32)45(28)46(29)37)33-12-7-9-27-8-3-4-10-31(27)33/h3-26H,1-2H3. The van der Waals surface area contributed by atoms with Gasteiger partial charge in [0, 0.05) is 16.2 Å². The second-order valence-corrected chi connectivity index (χ2v) is 14.1. The molecule has 0 unspecified atom stereocenters. The number of hydrogen-bond donors (Lipinski definition) is 0. The highest BCUT2D eigenvalue weighted by atomic mass is 16.3. The summed E-state index contributed by atoms with van der Waals surface area (Å²) >= 11 is 0. The molecule has 10 aromatic rings. The van der Waals surface area contributed by atoms with Crippen LogP contribution in [0.2, 0.25) is 0 Å². The van der Waals surface area contributed by atoms with E-state index in [1.807, 2.05) is 6.07 Å². The fourth-order valence-corrected chi connectivity index (χ4v) is 8.88. The van der Waals surface area contributed by atoms with Gasteiger partial charge in [-0.1, -0.05) is 135 Å². The van der Waals surface area contributed by atoms with Crippen LogP contribution in [0.15, 0.2) is 150 Å². The van der Waals surface area contributed by atoms with E-state index in [1.165, 1.54) is 98.4 Å². The molecule has 1 aromatic heterocycles. The Kier molecular flexibility index (Phi) is 4.97. The lowest BCUT2D eigenvalue weighted by molar-refractivity contribution is 0.647. The zero-order valence-electron chi connectivity index (χ0n) is 26.8. The molecule has 0 aliphatic heterocycles. The average Bonchev–Trinajstić information content (AvgIpc) is 3.60. The van der Waals surface area contributed by atoms with Crippen LogP contribution in [0.4, 0.5) is 0 Å². The maximum atomic E-state index is 6.32. The minimum absolute atomic E-state index is 0.114. The van der Waals surface area contributed by atoms with Gasteiger partial charge in [0.1, 0.15) is 11.2 Å². The van der Waals surface area contributed by atoms with Crippen LogP contribution in [-0.4, -0.2) is 0 Å². The van der Waals surface area contributed by atoms with Crippen LogP contribution in [0.25, 0.3) is 98.4 Å². The summed E-state index contributed by atoms with van der Waals surface area (Å²) in [5.74, 6) is 0. The summed E-state index contributed by atoms with van der Waals surface area (Å²) in [6, 6.07) is 54.1. The van der Waals surface area contributed by atoms with E-state index in [9.17, 15) is 0 Å². The van der Waals surface area contributed by atoms with Crippen molar-refractivity contribution in [3.8, 4) is 33.4 Å². The number of hydrogen-bond acceptors (Lipinski definition) is 1. The first-order valence-electron chi connectivity index (χ1n) is 16.8. The Bertz CT molecular complexity index is 2970. The van der Waals surface area contributed by atoms with E-state index in [-0.39, 0.29) is 5.41 Å². The quantitative estimate of drug-likeness (QED) is 0.178. The predicted octanol–water partition coefficient (Wildman–Crippen LogP) is 13.3. The van der Waals surface area contributed by atoms with Gasteiger partial charge in [0.25, 0.3) is 0 Å². The SMILES string of the molecule is CC1(C)c2ccc(-c3ccc4ccc5c(-c6cccc7ccccc67)ccc6ccc3c4c65)cc2-c2cc3c(cc21)oc1ccccc13. The van der Waals surface area contributed by atoms with Gasteiger partial charge in [-0.3, -0.25) is 0 Å². The molecule has 48 heavy (non-hydrogen) atoms. The normalized spacial score (nSPS) is 13.8. The molecule has 9 aromatic carbocycles. The minimum Gasteiger partial charge on any atom is -0.456 e. The molecule has 0 saturated carbocycles. The highest BCUT2D eigenvalue weighted by Gasteiger charge is 2.36. The maximum Gasteiger partial charge on any atom is 0.135 e. The Morgan fingerprint density at radius 1 is 0.375 bits per heavy atom. The lowest BCUT2D eigenvalue weighted by Crippen LogP contribution is -2.14. The fourth-order valence-electron chi connectivity index (χ4n) is 8.88. The van der Waals surface area contributed by atoms with Crippen LogP contribution < -0.4 is 0 Å². The highest BCUT2D eigenvalue weighted by molar-refractivity contribution is 6.28. The molecule has 11 rings (SSSR count). The molecule has 224 valence electrons. The molecule has 1 aliphatic carbocycles. The molecule has 0 bridgehead atoms. The van der Waals surface area contributed by atoms with Crippen molar-refractivity contribution < 1.29 is 4.42 Å². The van der Waals surface area contributed by atoms with E-state index in [0.717, 1.165) is 11.2 Å². The Morgan fingerprint density at radius 3 is 1.85 bits per heavy atom.